The number of benzene rings is 2. The SMILES string of the molecule is CCCC1(C)C=Cc2cc(NCc3ccc(C)cc3)ccc2O1. The monoisotopic (exact) mass is 307 g/mol. The summed E-state index contributed by atoms with van der Waals surface area (Å²) in [7, 11) is 0. The highest BCUT2D eigenvalue weighted by molar-refractivity contribution is 5.66. The molecule has 23 heavy (non-hydrogen) atoms. The zero-order valence-corrected chi connectivity index (χ0v) is 14.2. The summed E-state index contributed by atoms with van der Waals surface area (Å²) in [5.41, 5.74) is 4.68. The molecule has 1 heterocycles. The average molecular weight is 307 g/mol. The third-order valence-electron chi connectivity index (χ3n) is 4.33. The summed E-state index contributed by atoms with van der Waals surface area (Å²) in [6.07, 6.45) is 6.52. The number of hydrogen-bond acceptors (Lipinski definition) is 2. The Labute approximate surface area is 139 Å². The maximum atomic E-state index is 6.18. The number of fused-ring (bicyclic) bond motifs is 1. The largest absolute Gasteiger partial charge is 0.483 e. The van der Waals surface area contributed by atoms with Gasteiger partial charge in [0.2, 0.25) is 0 Å². The van der Waals surface area contributed by atoms with E-state index in [1.54, 1.807) is 0 Å². The van der Waals surface area contributed by atoms with Gasteiger partial charge in [-0.15, -0.1) is 0 Å². The molecule has 2 nitrogen and oxygen atoms in total. The van der Waals surface area contributed by atoms with E-state index in [4.69, 9.17) is 4.74 Å². The van der Waals surface area contributed by atoms with Gasteiger partial charge in [-0.1, -0.05) is 49.2 Å². The minimum atomic E-state index is -0.168. The zero-order chi connectivity index (χ0) is 16.3. The molecule has 0 saturated heterocycles. The Balaban J connectivity index is 1.69. The van der Waals surface area contributed by atoms with Gasteiger partial charge in [0.15, 0.2) is 0 Å². The van der Waals surface area contributed by atoms with Crippen molar-refractivity contribution in [3.8, 4) is 5.75 Å². The number of anilines is 1. The quantitative estimate of drug-likeness (QED) is 0.779. The predicted molar refractivity (Wildman–Crippen MR) is 97.9 cm³/mol. The molecular weight excluding hydrogens is 282 g/mol. The van der Waals surface area contributed by atoms with Crippen molar-refractivity contribution in [3.05, 3.63) is 65.2 Å². The van der Waals surface area contributed by atoms with Crippen molar-refractivity contribution in [2.75, 3.05) is 5.32 Å². The van der Waals surface area contributed by atoms with E-state index in [1.165, 1.54) is 11.1 Å². The van der Waals surface area contributed by atoms with Crippen LogP contribution in [0, 0.1) is 6.92 Å². The van der Waals surface area contributed by atoms with Crippen molar-refractivity contribution in [2.24, 2.45) is 0 Å². The van der Waals surface area contributed by atoms with Gasteiger partial charge >= 0.3 is 0 Å². The summed E-state index contributed by atoms with van der Waals surface area (Å²) in [6, 6.07) is 15.0. The van der Waals surface area contributed by atoms with E-state index < -0.39 is 0 Å². The molecule has 0 bridgehead atoms. The van der Waals surface area contributed by atoms with Crippen LogP contribution in [0.2, 0.25) is 0 Å². The summed E-state index contributed by atoms with van der Waals surface area (Å²) in [4.78, 5) is 0. The van der Waals surface area contributed by atoms with Gasteiger partial charge in [0, 0.05) is 17.8 Å². The highest BCUT2D eigenvalue weighted by Gasteiger charge is 2.26. The third kappa shape index (κ3) is 3.76. The first-order valence-electron chi connectivity index (χ1n) is 8.40. The summed E-state index contributed by atoms with van der Waals surface area (Å²) < 4.78 is 6.18. The van der Waals surface area contributed by atoms with Gasteiger partial charge < -0.3 is 10.1 Å². The van der Waals surface area contributed by atoms with Crippen LogP contribution in [-0.2, 0) is 6.54 Å². The molecule has 0 fully saturated rings. The van der Waals surface area contributed by atoms with Gasteiger partial charge in [-0.3, -0.25) is 0 Å². The molecule has 1 unspecified atom stereocenters. The van der Waals surface area contributed by atoms with Crippen LogP contribution >= 0.6 is 0 Å². The molecule has 2 heteroatoms. The second kappa shape index (κ2) is 6.49. The molecule has 0 aliphatic carbocycles. The lowest BCUT2D eigenvalue weighted by atomic mass is 9.95. The first kappa shape index (κ1) is 15.7. The van der Waals surface area contributed by atoms with E-state index in [9.17, 15) is 0 Å². The highest BCUT2D eigenvalue weighted by Crippen LogP contribution is 2.34. The van der Waals surface area contributed by atoms with Crippen molar-refractivity contribution < 1.29 is 4.74 Å². The number of aryl methyl sites for hydroxylation is 1. The van der Waals surface area contributed by atoms with E-state index in [1.807, 2.05) is 0 Å². The Morgan fingerprint density at radius 1 is 1.09 bits per heavy atom. The minimum Gasteiger partial charge on any atom is -0.483 e. The van der Waals surface area contributed by atoms with Gasteiger partial charge in [0.05, 0.1) is 0 Å². The van der Waals surface area contributed by atoms with Crippen LogP contribution in [0.15, 0.2) is 48.5 Å². The molecule has 0 radical (unpaired) electrons. The molecule has 0 spiro atoms. The number of ether oxygens (including phenoxy) is 1. The van der Waals surface area contributed by atoms with Gasteiger partial charge in [-0.25, -0.2) is 0 Å². The third-order valence-corrected chi connectivity index (χ3v) is 4.33. The van der Waals surface area contributed by atoms with Crippen LogP contribution < -0.4 is 10.1 Å². The Morgan fingerprint density at radius 2 is 1.87 bits per heavy atom. The molecule has 0 saturated carbocycles. The van der Waals surface area contributed by atoms with Crippen LogP contribution in [0.25, 0.3) is 6.08 Å². The van der Waals surface area contributed by atoms with Crippen molar-refractivity contribution >= 4 is 11.8 Å². The summed E-state index contributed by atoms with van der Waals surface area (Å²) in [5.74, 6) is 0.976. The standard InChI is InChI=1S/C21H25NO/c1-4-12-21(3)13-11-18-14-19(9-10-20(18)23-21)22-15-17-7-5-16(2)6-8-17/h5-11,13-14,22H,4,12,15H2,1-3H3. The van der Waals surface area contributed by atoms with Crippen molar-refractivity contribution in [1.82, 2.24) is 0 Å². The lowest BCUT2D eigenvalue weighted by Crippen LogP contribution is -2.31. The normalized spacial score (nSPS) is 19.1. The van der Waals surface area contributed by atoms with Gasteiger partial charge in [0.1, 0.15) is 11.4 Å². The Hall–Kier alpha value is -2.22. The molecule has 1 atom stereocenters. The molecule has 1 aliphatic rings. The van der Waals surface area contributed by atoms with E-state index >= 15 is 0 Å². The molecular formula is C21H25NO. The van der Waals surface area contributed by atoms with Crippen molar-refractivity contribution in [3.63, 3.8) is 0 Å². The maximum absolute atomic E-state index is 6.18. The average Bonchev–Trinajstić information content (AvgIpc) is 2.54. The van der Waals surface area contributed by atoms with Crippen molar-refractivity contribution in [2.45, 2.75) is 45.8 Å². The lowest BCUT2D eigenvalue weighted by molar-refractivity contribution is 0.126. The highest BCUT2D eigenvalue weighted by atomic mass is 16.5. The lowest BCUT2D eigenvalue weighted by Gasteiger charge is -2.31. The van der Waals surface area contributed by atoms with E-state index in [2.05, 4.69) is 80.7 Å². The predicted octanol–water partition coefficient (Wildman–Crippen LogP) is 5.57. The van der Waals surface area contributed by atoms with Crippen LogP contribution in [0.1, 0.15) is 43.4 Å². The fourth-order valence-electron chi connectivity index (χ4n) is 2.97. The van der Waals surface area contributed by atoms with Crippen LogP contribution in [0.5, 0.6) is 5.75 Å². The van der Waals surface area contributed by atoms with Crippen LogP contribution in [0.3, 0.4) is 0 Å². The summed E-state index contributed by atoms with van der Waals surface area (Å²) in [5, 5.41) is 3.49. The Bertz CT molecular complexity index is 702. The molecule has 1 aliphatic heterocycles. The summed E-state index contributed by atoms with van der Waals surface area (Å²) >= 11 is 0. The Kier molecular flexibility index (Phi) is 4.42. The Morgan fingerprint density at radius 3 is 2.61 bits per heavy atom. The number of hydrogen-bond donors (Lipinski definition) is 1. The molecule has 0 aromatic heterocycles. The molecule has 0 amide bonds. The molecule has 1 N–H and O–H groups in total. The van der Waals surface area contributed by atoms with Gasteiger partial charge in [0.25, 0.3) is 0 Å². The second-order valence-electron chi connectivity index (χ2n) is 6.59. The first-order chi connectivity index (χ1) is 11.1. The van der Waals surface area contributed by atoms with E-state index in [-0.39, 0.29) is 5.60 Å². The van der Waals surface area contributed by atoms with Crippen LogP contribution in [0.4, 0.5) is 5.69 Å². The van der Waals surface area contributed by atoms with Crippen LogP contribution in [-0.4, -0.2) is 5.60 Å². The molecule has 120 valence electrons. The summed E-state index contributed by atoms with van der Waals surface area (Å²) in [6.45, 7) is 7.28. The second-order valence-corrected chi connectivity index (χ2v) is 6.59. The number of nitrogens with one attached hydrogen (secondary N) is 1. The zero-order valence-electron chi connectivity index (χ0n) is 14.2. The minimum absolute atomic E-state index is 0.168. The number of rotatable bonds is 5. The smallest absolute Gasteiger partial charge is 0.127 e. The van der Waals surface area contributed by atoms with Crippen molar-refractivity contribution in [1.29, 1.82) is 0 Å². The molecule has 2 aromatic rings. The first-order valence-corrected chi connectivity index (χ1v) is 8.40. The topological polar surface area (TPSA) is 21.3 Å². The molecule has 2 aromatic carbocycles. The van der Waals surface area contributed by atoms with Gasteiger partial charge in [-0.2, -0.15) is 0 Å². The van der Waals surface area contributed by atoms with E-state index in [0.717, 1.165) is 36.4 Å². The molecule has 3 rings (SSSR count). The maximum Gasteiger partial charge on any atom is 0.127 e. The van der Waals surface area contributed by atoms with Gasteiger partial charge in [-0.05, 0) is 50.1 Å². The fourth-order valence-corrected chi connectivity index (χ4v) is 2.97. The van der Waals surface area contributed by atoms with E-state index in [0.29, 0.717) is 0 Å². The fraction of sp³-hybridized carbons (Fsp3) is 0.333.